The van der Waals surface area contributed by atoms with Crippen molar-refractivity contribution in [1.29, 1.82) is 0 Å². The molecule has 4 heteroatoms. The largest absolute Gasteiger partial charge is 0.481 e. The normalized spacial score (nSPS) is 18.2. The highest BCUT2D eigenvalue weighted by molar-refractivity contribution is 5.77. The van der Waals surface area contributed by atoms with Gasteiger partial charge in [0.25, 0.3) is 0 Å². The first-order chi connectivity index (χ1) is 6.65. The predicted octanol–water partition coefficient (Wildman–Crippen LogP) is 1.11. The number of nitrogens with zero attached hydrogens (tertiary/aromatic N) is 1. The fourth-order valence-corrected chi connectivity index (χ4v) is 1.75. The molecule has 1 saturated heterocycles. The smallest absolute Gasteiger partial charge is 0.306 e. The first kappa shape index (κ1) is 11.0. The lowest BCUT2D eigenvalue weighted by molar-refractivity contribution is -0.145. The Balaban J connectivity index is 2.35. The van der Waals surface area contributed by atoms with Crippen molar-refractivity contribution in [3.8, 4) is 0 Å². The van der Waals surface area contributed by atoms with Crippen molar-refractivity contribution < 1.29 is 14.7 Å². The second-order valence-corrected chi connectivity index (χ2v) is 3.74. The minimum absolute atomic E-state index is 0.163. The maximum atomic E-state index is 11.5. The van der Waals surface area contributed by atoms with Crippen LogP contribution in [0.2, 0.25) is 0 Å². The van der Waals surface area contributed by atoms with E-state index in [4.69, 9.17) is 5.11 Å². The summed E-state index contributed by atoms with van der Waals surface area (Å²) in [6.07, 6.45) is 2.64. The summed E-state index contributed by atoms with van der Waals surface area (Å²) < 4.78 is 0. The lowest BCUT2D eigenvalue weighted by Crippen LogP contribution is -2.40. The molecule has 1 fully saturated rings. The Morgan fingerprint density at radius 1 is 1.36 bits per heavy atom. The predicted molar refractivity (Wildman–Crippen MR) is 51.8 cm³/mol. The van der Waals surface area contributed by atoms with Gasteiger partial charge in [-0.25, -0.2) is 0 Å². The number of rotatable bonds is 3. The minimum atomic E-state index is -0.729. The SMILES string of the molecule is CCCC(=O)N1CCC(C(=O)O)CC1. The number of likely N-dealkylation sites (tertiary alicyclic amines) is 1. The molecule has 1 aliphatic heterocycles. The van der Waals surface area contributed by atoms with Gasteiger partial charge in [0.1, 0.15) is 0 Å². The second-order valence-electron chi connectivity index (χ2n) is 3.74. The number of hydrogen-bond acceptors (Lipinski definition) is 2. The van der Waals surface area contributed by atoms with Gasteiger partial charge in [-0.15, -0.1) is 0 Å². The molecule has 0 radical (unpaired) electrons. The molecule has 1 rings (SSSR count). The molecule has 14 heavy (non-hydrogen) atoms. The Labute approximate surface area is 83.9 Å². The Morgan fingerprint density at radius 2 is 1.93 bits per heavy atom. The third-order valence-electron chi connectivity index (χ3n) is 2.66. The molecule has 4 nitrogen and oxygen atoms in total. The molecular formula is C10H17NO3. The number of piperidine rings is 1. The molecule has 0 aromatic carbocycles. The molecule has 0 aliphatic carbocycles. The fraction of sp³-hybridized carbons (Fsp3) is 0.800. The molecular weight excluding hydrogens is 182 g/mol. The van der Waals surface area contributed by atoms with Crippen LogP contribution in [-0.4, -0.2) is 35.0 Å². The van der Waals surface area contributed by atoms with Crippen LogP contribution in [0.5, 0.6) is 0 Å². The van der Waals surface area contributed by atoms with E-state index in [9.17, 15) is 9.59 Å². The molecule has 80 valence electrons. The summed E-state index contributed by atoms with van der Waals surface area (Å²) in [6, 6.07) is 0. The van der Waals surface area contributed by atoms with Gasteiger partial charge in [0.15, 0.2) is 0 Å². The van der Waals surface area contributed by atoms with E-state index in [0.717, 1.165) is 6.42 Å². The Hall–Kier alpha value is -1.06. The van der Waals surface area contributed by atoms with Crippen molar-refractivity contribution >= 4 is 11.9 Å². The van der Waals surface area contributed by atoms with Gasteiger partial charge in [-0.1, -0.05) is 6.92 Å². The summed E-state index contributed by atoms with van der Waals surface area (Å²) in [7, 11) is 0. The number of carboxylic acids is 1. The summed E-state index contributed by atoms with van der Waals surface area (Å²) in [5.41, 5.74) is 0. The Kier molecular flexibility index (Phi) is 3.92. The van der Waals surface area contributed by atoms with Crippen molar-refractivity contribution in [2.24, 2.45) is 5.92 Å². The maximum Gasteiger partial charge on any atom is 0.306 e. The van der Waals surface area contributed by atoms with Crippen molar-refractivity contribution in [2.45, 2.75) is 32.6 Å². The van der Waals surface area contributed by atoms with Crippen LogP contribution in [-0.2, 0) is 9.59 Å². The summed E-state index contributed by atoms with van der Waals surface area (Å²) in [6.45, 7) is 3.19. The number of carboxylic acid groups (broad SMARTS) is 1. The van der Waals surface area contributed by atoms with E-state index >= 15 is 0 Å². The van der Waals surface area contributed by atoms with E-state index in [2.05, 4.69) is 0 Å². The fourth-order valence-electron chi connectivity index (χ4n) is 1.75. The zero-order chi connectivity index (χ0) is 10.6. The lowest BCUT2D eigenvalue weighted by Gasteiger charge is -2.30. The van der Waals surface area contributed by atoms with E-state index in [-0.39, 0.29) is 11.8 Å². The lowest BCUT2D eigenvalue weighted by atomic mass is 9.97. The monoisotopic (exact) mass is 199 g/mol. The number of carbonyl (C=O) groups is 2. The highest BCUT2D eigenvalue weighted by atomic mass is 16.4. The number of aliphatic carboxylic acids is 1. The molecule has 0 bridgehead atoms. The van der Waals surface area contributed by atoms with Gasteiger partial charge in [0.05, 0.1) is 5.92 Å². The maximum absolute atomic E-state index is 11.5. The molecule has 0 atom stereocenters. The van der Waals surface area contributed by atoms with Crippen LogP contribution in [0.15, 0.2) is 0 Å². The van der Waals surface area contributed by atoms with Crippen molar-refractivity contribution in [3.05, 3.63) is 0 Å². The van der Waals surface area contributed by atoms with Crippen molar-refractivity contribution in [2.75, 3.05) is 13.1 Å². The van der Waals surface area contributed by atoms with Gasteiger partial charge in [0.2, 0.25) is 5.91 Å². The van der Waals surface area contributed by atoms with Crippen LogP contribution >= 0.6 is 0 Å². The number of amides is 1. The van der Waals surface area contributed by atoms with E-state index in [1.54, 1.807) is 4.90 Å². The molecule has 0 saturated carbocycles. The van der Waals surface area contributed by atoms with Gasteiger partial charge >= 0.3 is 5.97 Å². The van der Waals surface area contributed by atoms with E-state index in [0.29, 0.717) is 32.4 Å². The van der Waals surface area contributed by atoms with Gasteiger partial charge < -0.3 is 10.0 Å². The van der Waals surface area contributed by atoms with Gasteiger partial charge in [-0.3, -0.25) is 9.59 Å². The molecule has 1 N–H and O–H groups in total. The first-order valence-corrected chi connectivity index (χ1v) is 5.15. The third kappa shape index (κ3) is 2.72. The number of hydrogen-bond donors (Lipinski definition) is 1. The summed E-state index contributed by atoms with van der Waals surface area (Å²) in [4.78, 5) is 23.9. The van der Waals surface area contributed by atoms with Crippen LogP contribution in [0.4, 0.5) is 0 Å². The van der Waals surface area contributed by atoms with E-state index in [1.165, 1.54) is 0 Å². The van der Waals surface area contributed by atoms with Crippen LogP contribution in [0, 0.1) is 5.92 Å². The zero-order valence-corrected chi connectivity index (χ0v) is 8.53. The quantitative estimate of drug-likeness (QED) is 0.740. The summed E-state index contributed by atoms with van der Waals surface area (Å²) in [5.74, 6) is -0.815. The zero-order valence-electron chi connectivity index (χ0n) is 8.53. The van der Waals surface area contributed by atoms with Crippen LogP contribution < -0.4 is 0 Å². The third-order valence-corrected chi connectivity index (χ3v) is 2.66. The second kappa shape index (κ2) is 4.98. The molecule has 1 amide bonds. The molecule has 0 aromatic rings. The average Bonchev–Trinajstić information content (AvgIpc) is 2.18. The van der Waals surface area contributed by atoms with Crippen molar-refractivity contribution in [1.82, 2.24) is 4.90 Å². The summed E-state index contributed by atoms with van der Waals surface area (Å²) >= 11 is 0. The molecule has 1 heterocycles. The van der Waals surface area contributed by atoms with Gasteiger partial charge in [0, 0.05) is 19.5 Å². The van der Waals surface area contributed by atoms with Crippen LogP contribution in [0.3, 0.4) is 0 Å². The van der Waals surface area contributed by atoms with Crippen LogP contribution in [0.1, 0.15) is 32.6 Å². The van der Waals surface area contributed by atoms with E-state index < -0.39 is 5.97 Å². The Morgan fingerprint density at radius 3 is 2.36 bits per heavy atom. The van der Waals surface area contributed by atoms with Gasteiger partial charge in [-0.05, 0) is 19.3 Å². The number of carbonyl (C=O) groups excluding carboxylic acids is 1. The average molecular weight is 199 g/mol. The molecule has 1 aliphatic rings. The van der Waals surface area contributed by atoms with Crippen LogP contribution in [0.25, 0.3) is 0 Å². The standard InChI is InChI=1S/C10H17NO3/c1-2-3-9(12)11-6-4-8(5-7-11)10(13)14/h8H,2-7H2,1H3,(H,13,14). The highest BCUT2D eigenvalue weighted by Crippen LogP contribution is 2.17. The summed E-state index contributed by atoms with van der Waals surface area (Å²) in [5, 5.41) is 8.76. The van der Waals surface area contributed by atoms with Crippen molar-refractivity contribution in [3.63, 3.8) is 0 Å². The molecule has 0 unspecified atom stereocenters. The van der Waals surface area contributed by atoms with Gasteiger partial charge in [-0.2, -0.15) is 0 Å². The highest BCUT2D eigenvalue weighted by Gasteiger charge is 2.26. The first-order valence-electron chi connectivity index (χ1n) is 5.15. The Bertz CT molecular complexity index is 219. The van der Waals surface area contributed by atoms with E-state index in [1.807, 2.05) is 6.92 Å². The molecule has 0 spiro atoms. The topological polar surface area (TPSA) is 57.6 Å². The molecule has 0 aromatic heterocycles. The minimum Gasteiger partial charge on any atom is -0.481 e.